The second kappa shape index (κ2) is 7.62. The highest BCUT2D eigenvalue weighted by Gasteiger charge is 2.33. The summed E-state index contributed by atoms with van der Waals surface area (Å²) in [5.41, 5.74) is 0. The van der Waals surface area contributed by atoms with Crippen LogP contribution in [0, 0.1) is 11.8 Å². The molecule has 0 radical (unpaired) electrons. The van der Waals surface area contributed by atoms with Gasteiger partial charge in [0.05, 0.1) is 5.75 Å². The monoisotopic (exact) mass is 336 g/mol. The summed E-state index contributed by atoms with van der Waals surface area (Å²) >= 11 is 0. The van der Waals surface area contributed by atoms with E-state index in [1.807, 2.05) is 0 Å². The van der Waals surface area contributed by atoms with E-state index in [4.69, 9.17) is 0 Å². The average Bonchev–Trinajstić information content (AvgIpc) is 2.91. The lowest BCUT2D eigenvalue weighted by molar-refractivity contribution is 0.232. The van der Waals surface area contributed by atoms with E-state index in [1.165, 1.54) is 32.1 Å². The first-order valence-electron chi connectivity index (χ1n) is 8.36. The largest absolute Gasteiger partial charge is 0.314 e. The van der Waals surface area contributed by atoms with Crippen molar-refractivity contribution in [2.45, 2.75) is 57.4 Å². The van der Waals surface area contributed by atoms with Crippen LogP contribution in [0.1, 0.15) is 51.4 Å². The fraction of sp³-hybridized carbons (Fsp3) is 1.00. The fourth-order valence-corrected chi connectivity index (χ4v) is 5.55. The molecule has 1 atom stereocenters. The standard InChI is InChI=1S/C15H28N2O2S.ClH/c18-20(19,12-8-13-3-1-4-13)17-10-6-14(7-11-17)15-5-2-9-16-15;/h13-16H,1-12H2;1H. The minimum Gasteiger partial charge on any atom is -0.314 e. The molecule has 1 N–H and O–H groups in total. The minimum atomic E-state index is -2.99. The first-order valence-corrected chi connectivity index (χ1v) is 9.97. The van der Waals surface area contributed by atoms with Crippen molar-refractivity contribution in [1.29, 1.82) is 0 Å². The molecule has 0 spiro atoms. The van der Waals surface area contributed by atoms with E-state index >= 15 is 0 Å². The van der Waals surface area contributed by atoms with Crippen molar-refractivity contribution in [2.24, 2.45) is 11.8 Å². The van der Waals surface area contributed by atoms with Gasteiger partial charge in [-0.1, -0.05) is 19.3 Å². The van der Waals surface area contributed by atoms with Crippen LogP contribution in [-0.4, -0.2) is 44.2 Å². The Bertz CT molecular complexity index is 411. The molecule has 124 valence electrons. The highest BCUT2D eigenvalue weighted by atomic mass is 35.5. The molecule has 1 saturated carbocycles. The van der Waals surface area contributed by atoms with Gasteiger partial charge < -0.3 is 5.32 Å². The quantitative estimate of drug-likeness (QED) is 0.838. The zero-order chi connectivity index (χ0) is 14.0. The molecular weight excluding hydrogens is 308 g/mol. The number of halogens is 1. The van der Waals surface area contributed by atoms with Crippen molar-refractivity contribution in [3.05, 3.63) is 0 Å². The third-order valence-electron chi connectivity index (χ3n) is 5.57. The van der Waals surface area contributed by atoms with Crippen molar-refractivity contribution < 1.29 is 8.42 Å². The summed E-state index contributed by atoms with van der Waals surface area (Å²) in [6, 6.07) is 0.648. The van der Waals surface area contributed by atoms with Gasteiger partial charge in [0.1, 0.15) is 0 Å². The molecule has 4 nitrogen and oxygen atoms in total. The first kappa shape index (κ1) is 17.5. The molecule has 2 aliphatic heterocycles. The Morgan fingerprint density at radius 1 is 1.00 bits per heavy atom. The van der Waals surface area contributed by atoms with Gasteiger partial charge in [0.25, 0.3) is 0 Å². The maximum absolute atomic E-state index is 12.4. The molecule has 0 aromatic rings. The Balaban J connectivity index is 0.00000161. The Hall–Kier alpha value is 0.160. The van der Waals surface area contributed by atoms with Crippen molar-refractivity contribution in [3.8, 4) is 0 Å². The third kappa shape index (κ3) is 4.34. The Labute approximate surface area is 135 Å². The molecule has 3 fully saturated rings. The van der Waals surface area contributed by atoms with Crippen LogP contribution in [0.2, 0.25) is 0 Å². The molecule has 6 heteroatoms. The molecule has 0 aromatic carbocycles. The lowest BCUT2D eigenvalue weighted by Gasteiger charge is -2.34. The maximum atomic E-state index is 12.4. The first-order chi connectivity index (χ1) is 9.65. The van der Waals surface area contributed by atoms with Gasteiger partial charge in [0.2, 0.25) is 10.0 Å². The van der Waals surface area contributed by atoms with Gasteiger partial charge in [0.15, 0.2) is 0 Å². The maximum Gasteiger partial charge on any atom is 0.214 e. The summed E-state index contributed by atoms with van der Waals surface area (Å²) in [6.07, 6.45) is 9.30. The van der Waals surface area contributed by atoms with E-state index in [9.17, 15) is 8.42 Å². The van der Waals surface area contributed by atoms with Gasteiger partial charge in [0, 0.05) is 19.1 Å². The van der Waals surface area contributed by atoms with Crippen LogP contribution < -0.4 is 5.32 Å². The molecule has 21 heavy (non-hydrogen) atoms. The van der Waals surface area contributed by atoms with Crippen molar-refractivity contribution >= 4 is 22.4 Å². The second-order valence-electron chi connectivity index (χ2n) is 6.84. The molecule has 2 heterocycles. The van der Waals surface area contributed by atoms with E-state index in [2.05, 4.69) is 5.32 Å². The molecule has 0 bridgehead atoms. The van der Waals surface area contributed by atoms with Crippen LogP contribution in [0.3, 0.4) is 0 Å². The number of nitrogens with zero attached hydrogens (tertiary/aromatic N) is 1. The summed E-state index contributed by atoms with van der Waals surface area (Å²) < 4.78 is 26.5. The summed E-state index contributed by atoms with van der Waals surface area (Å²) in [7, 11) is -2.99. The summed E-state index contributed by atoms with van der Waals surface area (Å²) in [5.74, 6) is 1.75. The van der Waals surface area contributed by atoms with Crippen molar-refractivity contribution in [3.63, 3.8) is 0 Å². The Kier molecular flexibility index (Phi) is 6.36. The van der Waals surface area contributed by atoms with Crippen LogP contribution in [0.25, 0.3) is 0 Å². The molecule has 2 saturated heterocycles. The van der Waals surface area contributed by atoms with Gasteiger partial charge in [-0.25, -0.2) is 12.7 Å². The number of rotatable bonds is 5. The lowest BCUT2D eigenvalue weighted by atomic mass is 9.84. The van der Waals surface area contributed by atoms with Gasteiger partial charge in [-0.2, -0.15) is 0 Å². The predicted octanol–water partition coefficient (Wildman–Crippen LogP) is 2.39. The smallest absolute Gasteiger partial charge is 0.214 e. The fourth-order valence-electron chi connectivity index (χ4n) is 3.90. The number of hydrogen-bond donors (Lipinski definition) is 1. The van der Waals surface area contributed by atoms with E-state index in [-0.39, 0.29) is 12.4 Å². The molecule has 3 rings (SSSR count). The van der Waals surface area contributed by atoms with Crippen LogP contribution in [-0.2, 0) is 10.0 Å². The predicted molar refractivity (Wildman–Crippen MR) is 88.3 cm³/mol. The molecule has 3 aliphatic rings. The van der Waals surface area contributed by atoms with E-state index in [0.29, 0.717) is 23.6 Å². The highest BCUT2D eigenvalue weighted by Crippen LogP contribution is 2.31. The van der Waals surface area contributed by atoms with Gasteiger partial charge >= 0.3 is 0 Å². The van der Waals surface area contributed by atoms with Crippen LogP contribution in [0.5, 0.6) is 0 Å². The van der Waals surface area contributed by atoms with Crippen LogP contribution >= 0.6 is 12.4 Å². The van der Waals surface area contributed by atoms with Gasteiger partial charge in [-0.05, 0) is 50.5 Å². The molecule has 0 aromatic heterocycles. The topological polar surface area (TPSA) is 49.4 Å². The molecule has 0 amide bonds. The lowest BCUT2D eigenvalue weighted by Crippen LogP contribution is -2.44. The van der Waals surface area contributed by atoms with Crippen LogP contribution in [0.15, 0.2) is 0 Å². The molecular formula is C15H29ClN2O2S. The third-order valence-corrected chi connectivity index (χ3v) is 7.47. The normalized spacial score (nSPS) is 29.0. The van der Waals surface area contributed by atoms with E-state index in [0.717, 1.165) is 38.9 Å². The zero-order valence-electron chi connectivity index (χ0n) is 12.8. The Morgan fingerprint density at radius 3 is 2.24 bits per heavy atom. The highest BCUT2D eigenvalue weighted by molar-refractivity contribution is 7.89. The van der Waals surface area contributed by atoms with E-state index < -0.39 is 10.0 Å². The summed E-state index contributed by atoms with van der Waals surface area (Å²) in [4.78, 5) is 0. The number of sulfonamides is 1. The number of piperidine rings is 1. The zero-order valence-corrected chi connectivity index (χ0v) is 14.4. The average molecular weight is 337 g/mol. The Morgan fingerprint density at radius 2 is 1.71 bits per heavy atom. The second-order valence-corrected chi connectivity index (χ2v) is 8.93. The van der Waals surface area contributed by atoms with Crippen molar-refractivity contribution in [2.75, 3.05) is 25.4 Å². The summed E-state index contributed by atoms with van der Waals surface area (Å²) in [5, 5.41) is 3.57. The number of hydrogen-bond acceptors (Lipinski definition) is 3. The molecule has 1 aliphatic carbocycles. The van der Waals surface area contributed by atoms with Crippen molar-refractivity contribution in [1.82, 2.24) is 9.62 Å². The van der Waals surface area contributed by atoms with Gasteiger partial charge in [-0.15, -0.1) is 12.4 Å². The molecule has 1 unspecified atom stereocenters. The van der Waals surface area contributed by atoms with E-state index in [1.54, 1.807) is 4.31 Å². The van der Waals surface area contributed by atoms with Crippen LogP contribution in [0.4, 0.5) is 0 Å². The van der Waals surface area contributed by atoms with Gasteiger partial charge in [-0.3, -0.25) is 0 Å². The minimum absolute atomic E-state index is 0. The summed E-state index contributed by atoms with van der Waals surface area (Å²) in [6.45, 7) is 2.64. The number of nitrogens with one attached hydrogen (secondary N) is 1. The SMILES string of the molecule is Cl.O=S(=O)(CCC1CCC1)N1CCC(C2CCCN2)CC1.